The zero-order valence-corrected chi connectivity index (χ0v) is 14.5. The maximum atomic E-state index is 12.6. The fourth-order valence-corrected chi connectivity index (χ4v) is 2.20. The van der Waals surface area contributed by atoms with Gasteiger partial charge in [0.1, 0.15) is 5.60 Å². The average molecular weight is 327 g/mol. The number of nitrogen functional groups attached to an aromatic ring is 2. The highest BCUT2D eigenvalue weighted by atomic mass is 16.6. The molecule has 0 radical (unpaired) electrons. The Balaban J connectivity index is 2.18. The number of amides is 1. The van der Waals surface area contributed by atoms with E-state index in [0.717, 1.165) is 11.1 Å². The van der Waals surface area contributed by atoms with Crippen LogP contribution >= 0.6 is 0 Å². The molecule has 4 N–H and O–H groups in total. The van der Waals surface area contributed by atoms with Crippen molar-refractivity contribution in [3.05, 3.63) is 59.7 Å². The van der Waals surface area contributed by atoms with Crippen LogP contribution in [0.15, 0.2) is 48.5 Å². The second-order valence-corrected chi connectivity index (χ2v) is 6.82. The normalized spacial score (nSPS) is 11.1. The van der Waals surface area contributed by atoms with Gasteiger partial charge in [0.15, 0.2) is 0 Å². The number of carbonyl (C=O) groups excluding carboxylic acids is 1. The van der Waals surface area contributed by atoms with Gasteiger partial charge in [0.05, 0.1) is 0 Å². The van der Waals surface area contributed by atoms with Crippen LogP contribution in [0.5, 0.6) is 0 Å². The standard InChI is InChI=1S/C19H25N3O2/c1-19(2,3)24-18(23)22(12-14-4-8-16(20)9-5-14)13-15-6-10-17(21)11-7-15/h4-11H,12-13,20-21H2,1-3H3. The first-order valence-electron chi connectivity index (χ1n) is 7.90. The van der Waals surface area contributed by atoms with Crippen molar-refractivity contribution >= 4 is 17.5 Å². The monoisotopic (exact) mass is 327 g/mol. The number of ether oxygens (including phenoxy) is 1. The molecule has 0 aliphatic carbocycles. The van der Waals surface area contributed by atoms with Crippen molar-refractivity contribution in [2.75, 3.05) is 11.5 Å². The maximum absolute atomic E-state index is 12.6. The number of hydrogen-bond donors (Lipinski definition) is 2. The minimum Gasteiger partial charge on any atom is -0.444 e. The lowest BCUT2D eigenvalue weighted by atomic mass is 10.1. The highest BCUT2D eigenvalue weighted by Crippen LogP contribution is 2.17. The van der Waals surface area contributed by atoms with Gasteiger partial charge in [0.25, 0.3) is 0 Å². The van der Waals surface area contributed by atoms with Crippen LogP contribution in [0.2, 0.25) is 0 Å². The fraction of sp³-hybridized carbons (Fsp3) is 0.316. The molecule has 0 bridgehead atoms. The lowest BCUT2D eigenvalue weighted by molar-refractivity contribution is 0.0216. The first kappa shape index (κ1) is 17.7. The molecule has 5 nitrogen and oxygen atoms in total. The Kier molecular flexibility index (Phi) is 5.34. The van der Waals surface area contributed by atoms with Crippen LogP contribution in [-0.2, 0) is 17.8 Å². The Bertz CT molecular complexity index is 626. The van der Waals surface area contributed by atoms with E-state index in [1.807, 2.05) is 69.3 Å². The van der Waals surface area contributed by atoms with Gasteiger partial charge in [-0.25, -0.2) is 4.79 Å². The quantitative estimate of drug-likeness (QED) is 0.837. The highest BCUT2D eigenvalue weighted by Gasteiger charge is 2.22. The van der Waals surface area contributed by atoms with E-state index in [9.17, 15) is 4.79 Å². The first-order valence-corrected chi connectivity index (χ1v) is 7.90. The minimum absolute atomic E-state index is 0.351. The van der Waals surface area contributed by atoms with E-state index < -0.39 is 5.60 Å². The highest BCUT2D eigenvalue weighted by molar-refractivity contribution is 5.68. The number of nitrogens with zero attached hydrogens (tertiary/aromatic N) is 1. The number of benzene rings is 2. The molecule has 0 aliphatic rings. The van der Waals surface area contributed by atoms with Crippen LogP contribution in [0.3, 0.4) is 0 Å². The molecule has 0 fully saturated rings. The third kappa shape index (κ3) is 5.50. The van der Waals surface area contributed by atoms with E-state index in [2.05, 4.69) is 0 Å². The molecule has 5 heteroatoms. The summed E-state index contributed by atoms with van der Waals surface area (Å²) in [6.45, 7) is 6.46. The SMILES string of the molecule is CC(C)(C)OC(=O)N(Cc1ccc(N)cc1)Cc1ccc(N)cc1. The number of anilines is 2. The molecule has 0 saturated carbocycles. The van der Waals surface area contributed by atoms with E-state index in [4.69, 9.17) is 16.2 Å². The molecule has 2 aromatic rings. The van der Waals surface area contributed by atoms with Crippen LogP contribution in [0, 0.1) is 0 Å². The third-order valence-corrected chi connectivity index (χ3v) is 3.36. The van der Waals surface area contributed by atoms with Gasteiger partial charge in [-0.3, -0.25) is 4.90 Å². The van der Waals surface area contributed by atoms with E-state index >= 15 is 0 Å². The molecule has 0 heterocycles. The predicted molar refractivity (Wildman–Crippen MR) is 97.2 cm³/mol. The lowest BCUT2D eigenvalue weighted by Crippen LogP contribution is -2.36. The summed E-state index contributed by atoms with van der Waals surface area (Å²) in [6, 6.07) is 15.0. The second kappa shape index (κ2) is 7.25. The summed E-state index contributed by atoms with van der Waals surface area (Å²) >= 11 is 0. The van der Waals surface area contributed by atoms with Crippen molar-refractivity contribution in [1.82, 2.24) is 4.90 Å². The number of nitrogens with two attached hydrogens (primary N) is 2. The van der Waals surface area contributed by atoms with Gasteiger partial charge < -0.3 is 16.2 Å². The van der Waals surface area contributed by atoms with Gasteiger partial charge >= 0.3 is 6.09 Å². The predicted octanol–water partition coefficient (Wildman–Crippen LogP) is 3.79. The summed E-state index contributed by atoms with van der Waals surface area (Å²) in [7, 11) is 0. The minimum atomic E-state index is -0.544. The zero-order valence-electron chi connectivity index (χ0n) is 14.5. The molecular weight excluding hydrogens is 302 g/mol. The molecule has 2 aromatic carbocycles. The number of rotatable bonds is 4. The molecule has 0 aromatic heterocycles. The number of carbonyl (C=O) groups is 1. The second-order valence-electron chi connectivity index (χ2n) is 6.82. The maximum Gasteiger partial charge on any atom is 0.410 e. The molecule has 0 spiro atoms. The summed E-state index contributed by atoms with van der Waals surface area (Å²) in [4.78, 5) is 14.2. The van der Waals surface area contributed by atoms with Crippen molar-refractivity contribution in [3.63, 3.8) is 0 Å². The van der Waals surface area contributed by atoms with Gasteiger partial charge in [-0.15, -0.1) is 0 Å². The van der Waals surface area contributed by atoms with Gasteiger partial charge in [-0.2, -0.15) is 0 Å². The van der Waals surface area contributed by atoms with Gasteiger partial charge in [-0.1, -0.05) is 24.3 Å². The van der Waals surface area contributed by atoms with Crippen molar-refractivity contribution in [3.8, 4) is 0 Å². The molecule has 0 aliphatic heterocycles. The van der Waals surface area contributed by atoms with Crippen LogP contribution in [0.25, 0.3) is 0 Å². The Morgan fingerprint density at radius 3 is 1.58 bits per heavy atom. The summed E-state index contributed by atoms with van der Waals surface area (Å²) in [5, 5.41) is 0. The molecule has 0 unspecified atom stereocenters. The van der Waals surface area contributed by atoms with Gasteiger partial charge in [0, 0.05) is 24.5 Å². The summed E-state index contributed by atoms with van der Waals surface area (Å²) < 4.78 is 5.53. The van der Waals surface area contributed by atoms with Crippen molar-refractivity contribution in [2.24, 2.45) is 0 Å². The van der Waals surface area contributed by atoms with E-state index in [1.54, 1.807) is 4.90 Å². The topological polar surface area (TPSA) is 81.6 Å². The Morgan fingerprint density at radius 2 is 1.25 bits per heavy atom. The average Bonchev–Trinajstić information content (AvgIpc) is 2.49. The Hall–Kier alpha value is -2.69. The van der Waals surface area contributed by atoms with Crippen LogP contribution in [-0.4, -0.2) is 16.6 Å². The molecule has 2 rings (SSSR count). The van der Waals surface area contributed by atoms with Gasteiger partial charge in [-0.05, 0) is 56.2 Å². The molecule has 128 valence electrons. The Labute approximate surface area is 143 Å². The zero-order chi connectivity index (χ0) is 17.7. The Morgan fingerprint density at radius 1 is 0.875 bits per heavy atom. The van der Waals surface area contributed by atoms with E-state index in [1.165, 1.54) is 0 Å². The van der Waals surface area contributed by atoms with Crippen molar-refractivity contribution < 1.29 is 9.53 Å². The lowest BCUT2D eigenvalue weighted by Gasteiger charge is -2.27. The largest absolute Gasteiger partial charge is 0.444 e. The van der Waals surface area contributed by atoms with E-state index in [-0.39, 0.29) is 6.09 Å². The van der Waals surface area contributed by atoms with Gasteiger partial charge in [0.2, 0.25) is 0 Å². The van der Waals surface area contributed by atoms with Crippen molar-refractivity contribution in [2.45, 2.75) is 39.5 Å². The molecule has 0 atom stereocenters. The molecule has 24 heavy (non-hydrogen) atoms. The smallest absolute Gasteiger partial charge is 0.410 e. The third-order valence-electron chi connectivity index (χ3n) is 3.36. The summed E-state index contributed by atoms with van der Waals surface area (Å²) in [6.07, 6.45) is -0.351. The summed E-state index contributed by atoms with van der Waals surface area (Å²) in [5.74, 6) is 0. The summed E-state index contributed by atoms with van der Waals surface area (Å²) in [5.41, 5.74) is 14.3. The molecule has 1 amide bonds. The van der Waals surface area contributed by atoms with Crippen LogP contribution in [0.4, 0.5) is 16.2 Å². The fourth-order valence-electron chi connectivity index (χ4n) is 2.20. The number of hydrogen-bond acceptors (Lipinski definition) is 4. The van der Waals surface area contributed by atoms with Crippen LogP contribution < -0.4 is 11.5 Å². The first-order chi connectivity index (χ1) is 11.2. The molecule has 0 saturated heterocycles. The molecular formula is C19H25N3O2. The van der Waals surface area contributed by atoms with Crippen LogP contribution in [0.1, 0.15) is 31.9 Å². The van der Waals surface area contributed by atoms with Crippen molar-refractivity contribution in [1.29, 1.82) is 0 Å². The van der Waals surface area contributed by atoms with E-state index in [0.29, 0.717) is 24.5 Å².